The second-order valence-electron chi connectivity index (χ2n) is 2.00. The second kappa shape index (κ2) is 2.95. The molecule has 0 saturated carbocycles. The van der Waals surface area contributed by atoms with Gasteiger partial charge in [0.2, 0.25) is 0 Å². The maximum atomic E-state index is 3.81. The van der Waals surface area contributed by atoms with Crippen molar-refractivity contribution in [2.24, 2.45) is 0 Å². The van der Waals surface area contributed by atoms with Crippen LogP contribution in [0.3, 0.4) is 0 Å². The Morgan fingerprint density at radius 2 is 2.00 bits per heavy atom. The molecule has 58 valence electrons. The zero-order valence-corrected chi connectivity index (χ0v) is 5.99. The van der Waals surface area contributed by atoms with Crippen LogP contribution in [0.5, 0.6) is 0 Å². The maximum Gasteiger partial charge on any atom is 0.138 e. The lowest BCUT2D eigenvalue weighted by molar-refractivity contribution is 0.859. The van der Waals surface area contributed by atoms with Gasteiger partial charge in [0.05, 0.1) is 12.4 Å². The van der Waals surface area contributed by atoms with Gasteiger partial charge in [0, 0.05) is 0 Å². The highest BCUT2D eigenvalue weighted by Gasteiger charge is 1.99. The summed E-state index contributed by atoms with van der Waals surface area (Å²) in [5.74, 6) is 0. The van der Waals surface area contributed by atoms with E-state index in [1.165, 1.54) is 12.5 Å². The van der Waals surface area contributed by atoms with Crippen molar-refractivity contribution >= 4 is 0 Å². The maximum absolute atomic E-state index is 3.81. The second-order valence-corrected chi connectivity index (χ2v) is 2.00. The molecule has 2 rings (SSSR count). The molecule has 0 N–H and O–H groups in total. The lowest BCUT2D eigenvalue weighted by Crippen LogP contribution is -1.93. The van der Waals surface area contributed by atoms with Crippen LogP contribution in [0.4, 0.5) is 0 Å². The first-order valence-electron chi connectivity index (χ1n) is 3.24. The van der Waals surface area contributed by atoms with Crippen LogP contribution in [0.2, 0.25) is 0 Å². The fraction of sp³-hybridized carbons (Fsp3) is 0. The molecule has 2 heterocycles. The molecule has 0 radical (unpaired) electrons. The number of hydrogen-bond donors (Lipinski definition) is 0. The van der Waals surface area contributed by atoms with Crippen LogP contribution in [0, 0.1) is 0 Å². The largest absolute Gasteiger partial charge is 0.240 e. The summed E-state index contributed by atoms with van der Waals surface area (Å²) in [5, 5.41) is 18.2. The summed E-state index contributed by atoms with van der Waals surface area (Å²) in [5.41, 5.74) is 1.21. The molecule has 2 aromatic rings. The molecule has 0 unspecified atom stereocenters. The van der Waals surface area contributed by atoms with Crippen molar-refractivity contribution in [2.45, 2.75) is 0 Å². The van der Waals surface area contributed by atoms with Crippen molar-refractivity contribution in [1.29, 1.82) is 0 Å². The average Bonchev–Trinajstić information content (AvgIpc) is 2.21. The van der Waals surface area contributed by atoms with E-state index in [4.69, 9.17) is 0 Å². The van der Waals surface area contributed by atoms with E-state index in [1.807, 2.05) is 0 Å². The Hall–Kier alpha value is -1.98. The van der Waals surface area contributed by atoms with Crippen molar-refractivity contribution in [1.82, 2.24) is 30.6 Å². The Kier molecular flexibility index (Phi) is 1.65. The molecule has 0 fully saturated rings. The smallest absolute Gasteiger partial charge is 0.138 e. The summed E-state index contributed by atoms with van der Waals surface area (Å²) in [6.07, 6.45) is 4.46. The molecule has 0 bridgehead atoms. The summed E-state index contributed by atoms with van der Waals surface area (Å²) in [4.78, 5) is 3.80. The van der Waals surface area contributed by atoms with Gasteiger partial charge < -0.3 is 0 Å². The Morgan fingerprint density at radius 3 is 2.67 bits per heavy atom. The fourth-order valence-electron chi connectivity index (χ4n) is 0.743. The minimum atomic E-state index is 0.590. The molecule has 0 aliphatic heterocycles. The van der Waals surface area contributed by atoms with Crippen molar-refractivity contribution in [2.75, 3.05) is 0 Å². The van der Waals surface area contributed by atoms with Crippen LogP contribution in [-0.4, -0.2) is 30.6 Å². The lowest BCUT2D eigenvalue weighted by Gasteiger charge is -1.92. The molecule has 0 aliphatic carbocycles. The standard InChI is InChI=1S/C6H4N6/c1-2-8-12-11-5(1)6-3-7-4-9-10-6/h1-4H. The Bertz CT molecular complexity index is 309. The third-order valence-corrected chi connectivity index (χ3v) is 1.25. The van der Waals surface area contributed by atoms with E-state index < -0.39 is 0 Å². The predicted octanol–water partition coefficient (Wildman–Crippen LogP) is -0.276. The van der Waals surface area contributed by atoms with Crippen LogP contribution in [0.1, 0.15) is 0 Å². The number of aromatic nitrogens is 6. The van der Waals surface area contributed by atoms with Crippen LogP contribution >= 0.6 is 0 Å². The van der Waals surface area contributed by atoms with E-state index in [2.05, 4.69) is 30.6 Å². The van der Waals surface area contributed by atoms with Crippen LogP contribution in [-0.2, 0) is 0 Å². The van der Waals surface area contributed by atoms with E-state index in [1.54, 1.807) is 12.3 Å². The molecule has 0 aromatic carbocycles. The molecule has 6 heteroatoms. The molecule has 12 heavy (non-hydrogen) atoms. The van der Waals surface area contributed by atoms with E-state index in [-0.39, 0.29) is 0 Å². The van der Waals surface area contributed by atoms with E-state index in [0.717, 1.165) is 0 Å². The van der Waals surface area contributed by atoms with Crippen LogP contribution in [0.25, 0.3) is 11.4 Å². The number of hydrogen-bond acceptors (Lipinski definition) is 6. The highest BCUT2D eigenvalue weighted by Crippen LogP contribution is 2.07. The molecule has 0 atom stereocenters. The van der Waals surface area contributed by atoms with Crippen molar-refractivity contribution in [3.63, 3.8) is 0 Å². The van der Waals surface area contributed by atoms with Crippen molar-refractivity contribution < 1.29 is 0 Å². The van der Waals surface area contributed by atoms with Crippen LogP contribution in [0.15, 0.2) is 24.8 Å². The monoisotopic (exact) mass is 160 g/mol. The molecule has 0 spiro atoms. The molecular weight excluding hydrogens is 156 g/mol. The van der Waals surface area contributed by atoms with Gasteiger partial charge in [-0.2, -0.15) is 0 Å². The number of rotatable bonds is 1. The van der Waals surface area contributed by atoms with Gasteiger partial charge in [-0.1, -0.05) is 0 Å². The summed E-state index contributed by atoms with van der Waals surface area (Å²) in [6.45, 7) is 0. The Balaban J connectivity index is 2.46. The lowest BCUT2D eigenvalue weighted by atomic mass is 10.3. The minimum absolute atomic E-state index is 0.590. The highest BCUT2D eigenvalue weighted by molar-refractivity contribution is 5.49. The van der Waals surface area contributed by atoms with Crippen molar-refractivity contribution in [3.05, 3.63) is 24.8 Å². The van der Waals surface area contributed by atoms with Crippen molar-refractivity contribution in [3.8, 4) is 11.4 Å². The van der Waals surface area contributed by atoms with Gasteiger partial charge >= 0.3 is 0 Å². The SMILES string of the molecule is c1cc(-c2cncnn2)nnn1. The van der Waals surface area contributed by atoms with Crippen LogP contribution < -0.4 is 0 Å². The molecule has 6 nitrogen and oxygen atoms in total. The zero-order valence-electron chi connectivity index (χ0n) is 5.99. The molecule has 0 saturated heterocycles. The molecule has 0 aliphatic rings. The predicted molar refractivity (Wildman–Crippen MR) is 38.6 cm³/mol. The van der Waals surface area contributed by atoms with Gasteiger partial charge in [0.25, 0.3) is 0 Å². The zero-order chi connectivity index (χ0) is 8.23. The summed E-state index contributed by atoms with van der Waals surface area (Å²) in [6, 6.07) is 1.69. The van der Waals surface area contributed by atoms with Gasteiger partial charge in [-0.05, 0) is 11.3 Å². The first-order chi connectivity index (χ1) is 5.97. The summed E-state index contributed by atoms with van der Waals surface area (Å²) in [7, 11) is 0. The van der Waals surface area contributed by atoms with Gasteiger partial charge in [-0.15, -0.1) is 20.4 Å². The Labute approximate surface area is 67.7 Å². The van der Waals surface area contributed by atoms with Gasteiger partial charge in [0.1, 0.15) is 17.7 Å². The van der Waals surface area contributed by atoms with E-state index >= 15 is 0 Å². The summed E-state index contributed by atoms with van der Waals surface area (Å²) < 4.78 is 0. The van der Waals surface area contributed by atoms with E-state index in [0.29, 0.717) is 11.4 Å². The molecule has 0 amide bonds. The first kappa shape index (κ1) is 6.71. The third kappa shape index (κ3) is 1.22. The first-order valence-corrected chi connectivity index (χ1v) is 3.24. The Morgan fingerprint density at radius 1 is 1.00 bits per heavy atom. The fourth-order valence-corrected chi connectivity index (χ4v) is 0.743. The quantitative estimate of drug-likeness (QED) is 0.571. The molecular formula is C6H4N6. The minimum Gasteiger partial charge on any atom is -0.240 e. The number of nitrogens with zero attached hydrogens (tertiary/aromatic N) is 6. The summed E-state index contributed by atoms with van der Waals surface area (Å²) >= 11 is 0. The molecule has 2 aromatic heterocycles. The third-order valence-electron chi connectivity index (χ3n) is 1.25. The van der Waals surface area contributed by atoms with Gasteiger partial charge in [-0.3, -0.25) is 0 Å². The van der Waals surface area contributed by atoms with Gasteiger partial charge in [0.15, 0.2) is 0 Å². The average molecular weight is 160 g/mol. The van der Waals surface area contributed by atoms with Gasteiger partial charge in [-0.25, -0.2) is 4.98 Å². The highest BCUT2D eigenvalue weighted by atomic mass is 15.3. The normalized spacial score (nSPS) is 9.67. The van der Waals surface area contributed by atoms with E-state index in [9.17, 15) is 0 Å². The topological polar surface area (TPSA) is 77.3 Å².